The zero-order valence-electron chi connectivity index (χ0n) is 25.0. The first-order valence-corrected chi connectivity index (χ1v) is 14.6. The lowest BCUT2D eigenvalue weighted by Crippen LogP contribution is -2.49. The van der Waals surface area contributed by atoms with Crippen LogP contribution in [0.5, 0.6) is 17.4 Å². The van der Waals surface area contributed by atoms with Gasteiger partial charge in [-0.15, -0.1) is 0 Å². The predicted octanol–water partition coefficient (Wildman–Crippen LogP) is 5.61. The zero-order valence-corrected chi connectivity index (χ0v) is 25.0. The number of methoxy groups -OCH3 is 1. The maximum absolute atomic E-state index is 12.3. The van der Waals surface area contributed by atoms with Gasteiger partial charge >= 0.3 is 5.63 Å². The molecule has 1 amide bonds. The summed E-state index contributed by atoms with van der Waals surface area (Å²) in [4.78, 5) is 35.0. The van der Waals surface area contributed by atoms with Gasteiger partial charge in [0.05, 0.1) is 24.2 Å². The average Bonchev–Trinajstić information content (AvgIpc) is 3.01. The van der Waals surface area contributed by atoms with E-state index in [-0.39, 0.29) is 12.0 Å². The molecule has 0 spiro atoms. The molecular formula is C33H35N5O6. The van der Waals surface area contributed by atoms with Crippen LogP contribution in [-0.2, 0) is 11.2 Å². The van der Waals surface area contributed by atoms with Crippen LogP contribution < -0.4 is 35.4 Å². The van der Waals surface area contributed by atoms with E-state index in [1.807, 2.05) is 32.0 Å². The second kappa shape index (κ2) is 11.9. The quantitative estimate of drug-likeness (QED) is 0.195. The van der Waals surface area contributed by atoms with Crippen LogP contribution in [0.1, 0.15) is 38.7 Å². The van der Waals surface area contributed by atoms with E-state index in [0.717, 1.165) is 42.6 Å². The molecule has 2 aromatic heterocycles. The largest absolute Gasteiger partial charge is 0.494 e. The van der Waals surface area contributed by atoms with Crippen molar-refractivity contribution in [2.45, 2.75) is 51.2 Å². The van der Waals surface area contributed by atoms with E-state index in [4.69, 9.17) is 18.6 Å². The summed E-state index contributed by atoms with van der Waals surface area (Å²) in [6.07, 6.45) is 6.22. The highest BCUT2D eigenvalue weighted by molar-refractivity contribution is 6.02. The minimum Gasteiger partial charge on any atom is -0.494 e. The summed E-state index contributed by atoms with van der Waals surface area (Å²) in [6, 6.07) is 12.3. The monoisotopic (exact) mass is 597 g/mol. The predicted molar refractivity (Wildman–Crippen MR) is 169 cm³/mol. The number of rotatable bonds is 8. The first kappa shape index (κ1) is 29.0. The van der Waals surface area contributed by atoms with Crippen LogP contribution in [0.15, 0.2) is 70.7 Å². The lowest BCUT2D eigenvalue weighted by atomic mass is 9.90. The standard InChI is InChI=1S/C33H35N5O6/c1-5-30(39)37-22-15-23(27(41-4)16-24(22)38-11-7-6-8-12-38)36-29-18-31(35-19-34-29)43-28-14-21-13-20-9-10-32(40)42-25(20)17-26(21)44-33(28,2)3/h5,9-10,13,15-19,28H,1,6-8,11-12,14H2,2-4H3,(H,37,39)(H,34,35,36). The summed E-state index contributed by atoms with van der Waals surface area (Å²) in [6.45, 7) is 9.29. The van der Waals surface area contributed by atoms with Crippen LogP contribution in [0.2, 0.25) is 0 Å². The number of piperidine rings is 1. The molecule has 1 fully saturated rings. The minimum absolute atomic E-state index is 0.298. The van der Waals surface area contributed by atoms with Crippen LogP contribution in [0.3, 0.4) is 0 Å². The lowest BCUT2D eigenvalue weighted by molar-refractivity contribution is -0.111. The fourth-order valence-corrected chi connectivity index (χ4v) is 5.65. The third-order valence-electron chi connectivity index (χ3n) is 7.98. The molecule has 0 radical (unpaired) electrons. The van der Waals surface area contributed by atoms with E-state index in [1.54, 1.807) is 25.3 Å². The topological polar surface area (TPSA) is 128 Å². The summed E-state index contributed by atoms with van der Waals surface area (Å²) in [7, 11) is 1.61. The van der Waals surface area contributed by atoms with Crippen molar-refractivity contribution in [1.29, 1.82) is 0 Å². The van der Waals surface area contributed by atoms with Gasteiger partial charge in [0, 0.05) is 49.2 Å². The number of benzene rings is 2. The van der Waals surface area contributed by atoms with Gasteiger partial charge in [0.15, 0.2) is 0 Å². The molecule has 11 nitrogen and oxygen atoms in total. The fraction of sp³-hybridized carbons (Fsp3) is 0.333. The SMILES string of the molecule is C=CC(=O)Nc1cc(Nc2cc(OC3Cc4cc5ccc(=O)oc5cc4OC3(C)C)ncn2)c(OC)cc1N1CCCCC1. The average molecular weight is 598 g/mol. The van der Waals surface area contributed by atoms with Gasteiger partial charge in [-0.05, 0) is 62.9 Å². The number of nitrogens with zero attached hydrogens (tertiary/aromatic N) is 3. The van der Waals surface area contributed by atoms with Gasteiger partial charge in [-0.1, -0.05) is 6.58 Å². The van der Waals surface area contributed by atoms with E-state index in [9.17, 15) is 9.59 Å². The van der Waals surface area contributed by atoms with Gasteiger partial charge in [0.1, 0.15) is 40.9 Å². The van der Waals surface area contributed by atoms with Crippen LogP contribution in [-0.4, -0.2) is 47.8 Å². The Bertz CT molecular complexity index is 1780. The highest BCUT2D eigenvalue weighted by Crippen LogP contribution is 2.40. The molecule has 11 heteroatoms. The molecule has 2 N–H and O–H groups in total. The maximum Gasteiger partial charge on any atom is 0.336 e. The zero-order chi connectivity index (χ0) is 30.8. The molecule has 4 heterocycles. The van der Waals surface area contributed by atoms with Crippen LogP contribution >= 0.6 is 0 Å². The van der Waals surface area contributed by atoms with Gasteiger partial charge in [-0.25, -0.2) is 14.8 Å². The van der Waals surface area contributed by atoms with Gasteiger partial charge in [-0.2, -0.15) is 0 Å². The van der Waals surface area contributed by atoms with Crippen molar-refractivity contribution in [3.05, 3.63) is 77.4 Å². The number of carbonyl (C=O) groups excluding carboxylic acids is 1. The number of hydrogen-bond acceptors (Lipinski definition) is 10. The molecule has 0 aliphatic carbocycles. The van der Waals surface area contributed by atoms with Gasteiger partial charge in [-0.3, -0.25) is 4.79 Å². The van der Waals surface area contributed by atoms with E-state index in [2.05, 4.69) is 32.1 Å². The van der Waals surface area contributed by atoms with Gasteiger partial charge in [0.2, 0.25) is 11.8 Å². The molecular weight excluding hydrogens is 562 g/mol. The smallest absolute Gasteiger partial charge is 0.336 e. The third-order valence-corrected chi connectivity index (χ3v) is 7.98. The summed E-state index contributed by atoms with van der Waals surface area (Å²) in [5.41, 5.74) is 2.46. The van der Waals surface area contributed by atoms with Crippen LogP contribution in [0, 0.1) is 0 Å². The Morgan fingerprint density at radius 3 is 2.68 bits per heavy atom. The van der Waals surface area contributed by atoms with E-state index >= 15 is 0 Å². The van der Waals surface area contributed by atoms with Gasteiger partial charge in [0.25, 0.3) is 0 Å². The van der Waals surface area contributed by atoms with Crippen molar-refractivity contribution in [1.82, 2.24) is 9.97 Å². The number of ether oxygens (including phenoxy) is 3. The molecule has 1 unspecified atom stereocenters. The summed E-state index contributed by atoms with van der Waals surface area (Å²) in [5, 5.41) is 7.06. The Morgan fingerprint density at radius 1 is 1.09 bits per heavy atom. The molecule has 44 heavy (non-hydrogen) atoms. The minimum atomic E-state index is -0.708. The molecule has 0 bridgehead atoms. The van der Waals surface area contributed by atoms with E-state index in [0.29, 0.717) is 46.6 Å². The van der Waals surface area contributed by atoms with Crippen molar-refractivity contribution < 1.29 is 23.4 Å². The Balaban J connectivity index is 1.25. The number of nitrogens with one attached hydrogen (secondary N) is 2. The highest BCUT2D eigenvalue weighted by Gasteiger charge is 2.39. The summed E-state index contributed by atoms with van der Waals surface area (Å²) >= 11 is 0. The Morgan fingerprint density at radius 2 is 1.91 bits per heavy atom. The Kier molecular flexibility index (Phi) is 7.86. The number of anilines is 4. The maximum atomic E-state index is 12.3. The number of carbonyl (C=O) groups is 1. The summed E-state index contributed by atoms with van der Waals surface area (Å²) in [5.74, 6) is 1.80. The third kappa shape index (κ3) is 6.03. The lowest BCUT2D eigenvalue weighted by Gasteiger charge is -2.39. The van der Waals surface area contributed by atoms with Crippen molar-refractivity contribution >= 4 is 39.8 Å². The number of hydrogen-bond donors (Lipinski definition) is 2. The summed E-state index contributed by atoms with van der Waals surface area (Å²) < 4.78 is 23.8. The molecule has 6 rings (SSSR count). The normalized spacial score (nSPS) is 17.2. The van der Waals surface area contributed by atoms with Crippen molar-refractivity contribution in [3.8, 4) is 17.4 Å². The Hall–Kier alpha value is -5.06. The molecule has 4 aromatic rings. The Labute approximate surface area is 254 Å². The molecule has 1 atom stereocenters. The molecule has 2 aliphatic heterocycles. The van der Waals surface area contributed by atoms with Crippen molar-refractivity contribution in [2.75, 3.05) is 35.7 Å². The number of aromatic nitrogens is 2. The molecule has 228 valence electrons. The highest BCUT2D eigenvalue weighted by atomic mass is 16.6. The first-order valence-electron chi connectivity index (χ1n) is 14.6. The van der Waals surface area contributed by atoms with Gasteiger partial charge < -0.3 is 34.2 Å². The van der Waals surface area contributed by atoms with Crippen LogP contribution in [0.4, 0.5) is 22.9 Å². The van der Waals surface area contributed by atoms with Crippen LogP contribution in [0.25, 0.3) is 11.0 Å². The molecule has 2 aromatic carbocycles. The second-order valence-electron chi connectivity index (χ2n) is 11.4. The number of fused-ring (bicyclic) bond motifs is 2. The molecule has 2 aliphatic rings. The molecule has 1 saturated heterocycles. The van der Waals surface area contributed by atoms with Crippen molar-refractivity contribution in [2.24, 2.45) is 0 Å². The van der Waals surface area contributed by atoms with E-state index in [1.165, 1.54) is 24.9 Å². The fourth-order valence-electron chi connectivity index (χ4n) is 5.65. The van der Waals surface area contributed by atoms with E-state index < -0.39 is 11.2 Å². The first-order chi connectivity index (χ1) is 21.2. The second-order valence-corrected chi connectivity index (χ2v) is 11.4. The van der Waals surface area contributed by atoms with Crippen molar-refractivity contribution in [3.63, 3.8) is 0 Å². The number of amides is 1. The molecule has 0 saturated carbocycles.